The van der Waals surface area contributed by atoms with Crippen molar-refractivity contribution in [3.63, 3.8) is 0 Å². The highest BCUT2D eigenvalue weighted by Crippen LogP contribution is 2.36. The molecule has 0 heterocycles. The number of carbonyl (C=O) groups excluding carboxylic acids is 2. The molecule has 2 aromatic carbocycles. The molecule has 0 saturated heterocycles. The summed E-state index contributed by atoms with van der Waals surface area (Å²) in [5.74, 6) is 0. The molecule has 0 aliphatic heterocycles. The molecule has 192 valence electrons. The Bertz CT molecular complexity index is 923. The Morgan fingerprint density at radius 2 is 0.943 bits per heavy atom. The Morgan fingerprint density at radius 1 is 0.657 bits per heavy atom. The summed E-state index contributed by atoms with van der Waals surface area (Å²) in [7, 11) is -3.12. The van der Waals surface area contributed by atoms with Gasteiger partial charge in [0.2, 0.25) is 0 Å². The van der Waals surface area contributed by atoms with Crippen LogP contribution < -0.4 is 9.29 Å². The standard InChI is InChI=1S/C24H38N2O7Si2/c1-23(2,3)34(31-21(27)25(7,29)19-15-11-9-12-16-19)33-35(24(4,5)6)32-22(28)26(8,30)20-17-13-10-14-18-20/h9-18,29-30,34-35H,1-8H3/q+2. The Hall–Kier alpha value is -2.39. The second-order valence-electron chi connectivity index (χ2n) is 10.9. The number of hydrogen-bond acceptors (Lipinski definition) is 7. The molecule has 0 bridgehead atoms. The van der Waals surface area contributed by atoms with Gasteiger partial charge in [0, 0.05) is 34.3 Å². The van der Waals surface area contributed by atoms with Gasteiger partial charge in [-0.25, -0.2) is 10.4 Å². The monoisotopic (exact) mass is 522 g/mol. The lowest BCUT2D eigenvalue weighted by atomic mass is 10.3. The summed E-state index contributed by atoms with van der Waals surface area (Å²) in [5.41, 5.74) is 0.679. The minimum absolute atomic E-state index is 0.339. The first-order chi connectivity index (χ1) is 16.0. The minimum Gasteiger partial charge on any atom is -0.450 e. The number of rotatable bonds is 6. The second-order valence-corrected chi connectivity index (χ2v) is 17.2. The fourth-order valence-electron chi connectivity index (χ4n) is 2.97. The van der Waals surface area contributed by atoms with Gasteiger partial charge in [0.1, 0.15) is 14.1 Å². The van der Waals surface area contributed by atoms with Crippen LogP contribution >= 0.6 is 0 Å². The Balaban J connectivity index is 2.28. The van der Waals surface area contributed by atoms with Gasteiger partial charge in [-0.05, 0) is 0 Å². The molecule has 0 aromatic heterocycles. The molecule has 2 N–H and O–H groups in total. The predicted octanol–water partition coefficient (Wildman–Crippen LogP) is 5.37. The van der Waals surface area contributed by atoms with Gasteiger partial charge in [-0.2, -0.15) is 9.59 Å². The zero-order valence-electron chi connectivity index (χ0n) is 21.8. The summed E-state index contributed by atoms with van der Waals surface area (Å²) in [6.07, 6.45) is -1.77. The molecule has 2 amide bonds. The van der Waals surface area contributed by atoms with E-state index in [2.05, 4.69) is 0 Å². The number of amides is 2. The molecule has 11 heteroatoms. The van der Waals surface area contributed by atoms with Crippen molar-refractivity contribution in [1.82, 2.24) is 9.29 Å². The van der Waals surface area contributed by atoms with E-state index >= 15 is 0 Å². The fourth-order valence-corrected chi connectivity index (χ4v) is 9.06. The maximum Gasteiger partial charge on any atom is 0.542 e. The first-order valence-corrected chi connectivity index (χ1v) is 14.4. The quantitative estimate of drug-likeness (QED) is 0.228. The molecule has 0 aliphatic rings. The van der Waals surface area contributed by atoms with Crippen LogP contribution in [0.1, 0.15) is 41.5 Å². The van der Waals surface area contributed by atoms with Gasteiger partial charge in [-0.15, -0.1) is 0 Å². The SMILES string of the molecule is CC(C)(C)[SiH](OC(=O)[N+](C)(O)c1ccccc1)O[SiH](OC(=O)[N+](C)(O)c1ccccc1)C(C)(C)C. The number of quaternary nitrogens is 2. The van der Waals surface area contributed by atoms with Crippen molar-refractivity contribution in [3.05, 3.63) is 60.7 Å². The van der Waals surface area contributed by atoms with Gasteiger partial charge in [0.05, 0.1) is 0 Å². The molecular formula is C24H38N2O7Si2+2. The van der Waals surface area contributed by atoms with Crippen LogP contribution in [0.3, 0.4) is 0 Å². The molecular weight excluding hydrogens is 484 g/mol. The van der Waals surface area contributed by atoms with Crippen LogP contribution in [0.4, 0.5) is 21.0 Å². The molecule has 2 rings (SSSR count). The van der Waals surface area contributed by atoms with Crippen LogP contribution in [0.2, 0.25) is 10.1 Å². The number of hydroxylamine groups is 4. The predicted molar refractivity (Wildman–Crippen MR) is 140 cm³/mol. The molecule has 9 nitrogen and oxygen atoms in total. The van der Waals surface area contributed by atoms with Crippen LogP contribution in [0.25, 0.3) is 0 Å². The van der Waals surface area contributed by atoms with Crippen LogP contribution in [-0.2, 0) is 13.0 Å². The van der Waals surface area contributed by atoms with E-state index < -0.39 is 50.1 Å². The minimum atomic E-state index is -2.88. The summed E-state index contributed by atoms with van der Waals surface area (Å²) >= 11 is 0. The highest BCUT2D eigenvalue weighted by molar-refractivity contribution is 6.64. The summed E-state index contributed by atoms with van der Waals surface area (Å²) in [6, 6.07) is 16.9. The number of para-hydroxylation sites is 2. The number of benzene rings is 2. The van der Waals surface area contributed by atoms with Gasteiger partial charge in [0.15, 0.2) is 11.4 Å². The van der Waals surface area contributed by atoms with E-state index in [0.717, 1.165) is 0 Å². The zero-order chi connectivity index (χ0) is 26.7. The maximum absolute atomic E-state index is 13.0. The number of carbonyl (C=O) groups is 2. The number of nitrogens with zero attached hydrogens (tertiary/aromatic N) is 2. The Morgan fingerprint density at radius 3 is 1.20 bits per heavy atom. The topological polar surface area (TPSA) is 102 Å². The lowest BCUT2D eigenvalue weighted by Crippen LogP contribution is -2.55. The average Bonchev–Trinajstić information content (AvgIpc) is 2.77. The van der Waals surface area contributed by atoms with Crippen molar-refractivity contribution in [2.75, 3.05) is 14.1 Å². The highest BCUT2D eigenvalue weighted by atomic mass is 28.4. The summed E-state index contributed by atoms with van der Waals surface area (Å²) in [4.78, 5) is 26.1. The van der Waals surface area contributed by atoms with E-state index in [1.165, 1.54) is 14.1 Å². The molecule has 0 radical (unpaired) electrons. The van der Waals surface area contributed by atoms with E-state index in [1.807, 2.05) is 41.5 Å². The lowest BCUT2D eigenvalue weighted by Gasteiger charge is -2.36. The van der Waals surface area contributed by atoms with Crippen LogP contribution in [-0.4, -0.2) is 55.3 Å². The van der Waals surface area contributed by atoms with Crippen LogP contribution in [0.15, 0.2) is 60.7 Å². The van der Waals surface area contributed by atoms with Crippen molar-refractivity contribution in [2.45, 2.75) is 51.6 Å². The van der Waals surface area contributed by atoms with Crippen molar-refractivity contribution >= 4 is 42.1 Å². The highest BCUT2D eigenvalue weighted by Gasteiger charge is 2.48. The fraction of sp³-hybridized carbons (Fsp3) is 0.417. The van der Waals surface area contributed by atoms with Gasteiger partial charge in [-0.3, -0.25) is 0 Å². The molecule has 4 unspecified atom stereocenters. The molecule has 0 fully saturated rings. The lowest BCUT2D eigenvalue weighted by molar-refractivity contribution is -0.0355. The van der Waals surface area contributed by atoms with Crippen molar-refractivity contribution < 1.29 is 33.0 Å². The van der Waals surface area contributed by atoms with E-state index in [-0.39, 0.29) is 0 Å². The number of hydrogen-bond donors (Lipinski definition) is 2. The first-order valence-electron chi connectivity index (χ1n) is 11.3. The molecule has 2 aromatic rings. The Kier molecular flexibility index (Phi) is 8.82. The van der Waals surface area contributed by atoms with Crippen molar-refractivity contribution in [3.8, 4) is 0 Å². The van der Waals surface area contributed by atoms with Crippen molar-refractivity contribution in [1.29, 1.82) is 0 Å². The third-order valence-corrected chi connectivity index (χ3v) is 10.9. The van der Waals surface area contributed by atoms with E-state index in [4.69, 9.17) is 13.0 Å². The Labute approximate surface area is 210 Å². The molecule has 0 saturated carbocycles. The van der Waals surface area contributed by atoms with E-state index in [9.17, 15) is 20.0 Å². The van der Waals surface area contributed by atoms with Crippen molar-refractivity contribution in [2.24, 2.45) is 0 Å². The maximum atomic E-state index is 13.0. The second kappa shape index (κ2) is 10.7. The summed E-state index contributed by atoms with van der Waals surface area (Å²) < 4.78 is 15.7. The molecule has 0 spiro atoms. The third-order valence-electron chi connectivity index (χ3n) is 5.31. The van der Waals surface area contributed by atoms with Gasteiger partial charge in [-0.1, -0.05) is 87.2 Å². The van der Waals surface area contributed by atoms with E-state index in [1.54, 1.807) is 60.7 Å². The van der Waals surface area contributed by atoms with Gasteiger partial charge in [0.25, 0.3) is 0 Å². The summed E-state index contributed by atoms with van der Waals surface area (Å²) in [6.45, 7) is 11.2. The first kappa shape index (κ1) is 28.8. The molecule has 0 aliphatic carbocycles. The average molecular weight is 523 g/mol. The molecule has 35 heavy (non-hydrogen) atoms. The largest absolute Gasteiger partial charge is 0.542 e. The van der Waals surface area contributed by atoms with Gasteiger partial charge < -0.3 is 13.0 Å². The molecule has 4 atom stereocenters. The summed E-state index contributed by atoms with van der Waals surface area (Å²) in [5, 5.41) is 20.6. The normalized spacial score (nSPS) is 17.4. The zero-order valence-corrected chi connectivity index (χ0v) is 24.1. The smallest absolute Gasteiger partial charge is 0.450 e. The van der Waals surface area contributed by atoms with Crippen LogP contribution in [0, 0.1) is 0 Å². The van der Waals surface area contributed by atoms with E-state index in [0.29, 0.717) is 11.4 Å². The van der Waals surface area contributed by atoms with Crippen LogP contribution in [0.5, 0.6) is 0 Å². The van der Waals surface area contributed by atoms with Gasteiger partial charge >= 0.3 is 30.8 Å². The third kappa shape index (κ3) is 7.30.